The lowest BCUT2D eigenvalue weighted by Crippen LogP contribution is -2.09. The van der Waals surface area contributed by atoms with Crippen LogP contribution in [0.15, 0.2) is 24.4 Å². The van der Waals surface area contributed by atoms with E-state index >= 15 is 0 Å². The van der Waals surface area contributed by atoms with Crippen LogP contribution in [0.5, 0.6) is 0 Å². The van der Waals surface area contributed by atoms with Gasteiger partial charge in [-0.1, -0.05) is 31.7 Å². The summed E-state index contributed by atoms with van der Waals surface area (Å²) in [5.74, 6) is 0.871. The minimum absolute atomic E-state index is 0.267. The van der Waals surface area contributed by atoms with Gasteiger partial charge in [-0.2, -0.15) is 0 Å². The molecule has 2 rings (SSSR count). The van der Waals surface area contributed by atoms with E-state index in [1.807, 2.05) is 18.3 Å². The van der Waals surface area contributed by atoms with Crippen molar-refractivity contribution in [3.8, 4) is 0 Å². The molecule has 1 atom stereocenters. The van der Waals surface area contributed by atoms with E-state index in [9.17, 15) is 0 Å². The highest BCUT2D eigenvalue weighted by Gasteiger charge is 2.19. The summed E-state index contributed by atoms with van der Waals surface area (Å²) < 4.78 is 0. The minimum Gasteiger partial charge on any atom is -0.261 e. The molecular formula is C13H18ClN. The molecule has 1 aliphatic rings. The van der Waals surface area contributed by atoms with Crippen LogP contribution >= 0.6 is 11.6 Å². The Morgan fingerprint density at radius 2 is 2.13 bits per heavy atom. The van der Waals surface area contributed by atoms with Gasteiger partial charge in [0, 0.05) is 23.7 Å². The van der Waals surface area contributed by atoms with Gasteiger partial charge in [-0.25, -0.2) is 0 Å². The summed E-state index contributed by atoms with van der Waals surface area (Å²) in [7, 11) is 0. The summed E-state index contributed by atoms with van der Waals surface area (Å²) in [5.41, 5.74) is 1.12. The lowest BCUT2D eigenvalue weighted by atomic mass is 9.99. The Hall–Kier alpha value is -0.560. The third kappa shape index (κ3) is 3.49. The zero-order chi connectivity index (χ0) is 10.5. The quantitative estimate of drug-likeness (QED) is 0.708. The minimum atomic E-state index is 0.267. The standard InChI is InChI=1S/C13H18ClN/c14-12(9-11-5-1-2-6-11)10-13-7-3-4-8-15-13/h3-4,7-8,11-12H,1-2,5-6,9-10H2. The van der Waals surface area contributed by atoms with E-state index in [0.29, 0.717) is 0 Å². The van der Waals surface area contributed by atoms with Gasteiger partial charge in [0.05, 0.1) is 0 Å². The molecule has 1 aromatic rings. The zero-order valence-corrected chi connectivity index (χ0v) is 9.79. The molecule has 1 heterocycles. The molecule has 0 amide bonds. The van der Waals surface area contributed by atoms with Crippen LogP contribution in [0.4, 0.5) is 0 Å². The molecular weight excluding hydrogens is 206 g/mol. The van der Waals surface area contributed by atoms with E-state index in [1.54, 1.807) is 0 Å². The van der Waals surface area contributed by atoms with Crippen molar-refractivity contribution in [3.05, 3.63) is 30.1 Å². The van der Waals surface area contributed by atoms with Gasteiger partial charge < -0.3 is 0 Å². The number of pyridine rings is 1. The highest BCUT2D eigenvalue weighted by molar-refractivity contribution is 6.20. The van der Waals surface area contributed by atoms with E-state index in [2.05, 4.69) is 11.1 Å². The van der Waals surface area contributed by atoms with Crippen LogP contribution in [0.1, 0.15) is 37.8 Å². The van der Waals surface area contributed by atoms with Crippen molar-refractivity contribution in [2.24, 2.45) is 5.92 Å². The van der Waals surface area contributed by atoms with Crippen molar-refractivity contribution in [1.29, 1.82) is 0 Å². The van der Waals surface area contributed by atoms with Gasteiger partial charge in [0.2, 0.25) is 0 Å². The molecule has 2 heteroatoms. The number of aromatic nitrogens is 1. The predicted molar refractivity (Wildman–Crippen MR) is 64.2 cm³/mol. The van der Waals surface area contributed by atoms with Gasteiger partial charge in [-0.3, -0.25) is 4.98 Å². The monoisotopic (exact) mass is 223 g/mol. The fourth-order valence-corrected chi connectivity index (χ4v) is 2.85. The molecule has 0 aliphatic heterocycles. The van der Waals surface area contributed by atoms with E-state index in [-0.39, 0.29) is 5.38 Å². The number of rotatable bonds is 4. The second-order valence-electron chi connectivity index (χ2n) is 4.51. The summed E-state index contributed by atoms with van der Waals surface area (Å²) in [5, 5.41) is 0.267. The first kappa shape index (κ1) is 10.9. The van der Waals surface area contributed by atoms with Gasteiger partial charge in [0.15, 0.2) is 0 Å². The molecule has 1 saturated carbocycles. The summed E-state index contributed by atoms with van der Waals surface area (Å²) >= 11 is 6.36. The van der Waals surface area contributed by atoms with Gasteiger partial charge in [0.1, 0.15) is 0 Å². The van der Waals surface area contributed by atoms with Crippen LogP contribution in [0.3, 0.4) is 0 Å². The van der Waals surface area contributed by atoms with E-state index < -0.39 is 0 Å². The van der Waals surface area contributed by atoms with Crippen molar-refractivity contribution in [1.82, 2.24) is 4.98 Å². The average molecular weight is 224 g/mol. The first-order valence-corrected chi connectivity index (χ1v) is 6.32. The second kappa shape index (κ2) is 5.50. The highest BCUT2D eigenvalue weighted by atomic mass is 35.5. The van der Waals surface area contributed by atoms with Crippen molar-refractivity contribution in [2.45, 2.75) is 43.9 Å². The normalized spacial score (nSPS) is 19.3. The van der Waals surface area contributed by atoms with Gasteiger partial charge in [-0.05, 0) is 24.5 Å². The van der Waals surface area contributed by atoms with Crippen LogP contribution in [-0.4, -0.2) is 10.4 Å². The molecule has 0 saturated heterocycles. The third-order valence-electron chi connectivity index (χ3n) is 3.22. The van der Waals surface area contributed by atoms with Crippen LogP contribution in [0.25, 0.3) is 0 Å². The molecule has 15 heavy (non-hydrogen) atoms. The number of hydrogen-bond acceptors (Lipinski definition) is 1. The molecule has 1 unspecified atom stereocenters. The SMILES string of the molecule is ClC(Cc1ccccn1)CC1CCCC1. The largest absolute Gasteiger partial charge is 0.261 e. The smallest absolute Gasteiger partial charge is 0.0418 e. The van der Waals surface area contributed by atoms with Crippen molar-refractivity contribution >= 4 is 11.6 Å². The maximum absolute atomic E-state index is 6.36. The lowest BCUT2D eigenvalue weighted by Gasteiger charge is -2.13. The Morgan fingerprint density at radius 3 is 2.80 bits per heavy atom. The molecule has 1 fully saturated rings. The Kier molecular flexibility index (Phi) is 4.01. The number of nitrogens with zero attached hydrogens (tertiary/aromatic N) is 1. The molecule has 0 aromatic carbocycles. The Bertz CT molecular complexity index is 280. The van der Waals surface area contributed by atoms with Crippen LogP contribution in [0.2, 0.25) is 0 Å². The fourth-order valence-electron chi connectivity index (χ4n) is 2.44. The first-order chi connectivity index (χ1) is 7.34. The maximum atomic E-state index is 6.36. The third-order valence-corrected chi connectivity index (χ3v) is 3.55. The van der Waals surface area contributed by atoms with Crippen molar-refractivity contribution < 1.29 is 0 Å². The van der Waals surface area contributed by atoms with Gasteiger partial charge in [0.25, 0.3) is 0 Å². The lowest BCUT2D eigenvalue weighted by molar-refractivity contribution is 0.487. The topological polar surface area (TPSA) is 12.9 Å². The average Bonchev–Trinajstić information content (AvgIpc) is 2.71. The van der Waals surface area contributed by atoms with Crippen molar-refractivity contribution in [2.75, 3.05) is 0 Å². The molecule has 0 spiro atoms. The highest BCUT2D eigenvalue weighted by Crippen LogP contribution is 2.30. The summed E-state index contributed by atoms with van der Waals surface area (Å²) in [6.45, 7) is 0. The van der Waals surface area contributed by atoms with E-state index in [1.165, 1.54) is 25.7 Å². The summed E-state index contributed by atoms with van der Waals surface area (Å²) in [6.07, 6.45) is 9.48. The number of alkyl halides is 1. The van der Waals surface area contributed by atoms with Crippen LogP contribution in [-0.2, 0) is 6.42 Å². The first-order valence-electron chi connectivity index (χ1n) is 5.88. The summed E-state index contributed by atoms with van der Waals surface area (Å²) in [6, 6.07) is 6.04. The predicted octanol–water partition coefficient (Wildman–Crippen LogP) is 3.81. The van der Waals surface area contributed by atoms with Crippen LogP contribution in [0, 0.1) is 5.92 Å². The maximum Gasteiger partial charge on any atom is 0.0418 e. The molecule has 1 nitrogen and oxygen atoms in total. The Morgan fingerprint density at radius 1 is 1.33 bits per heavy atom. The number of halogens is 1. The molecule has 0 bridgehead atoms. The van der Waals surface area contributed by atoms with Gasteiger partial charge >= 0.3 is 0 Å². The Balaban J connectivity index is 1.79. The van der Waals surface area contributed by atoms with E-state index in [0.717, 1.165) is 24.5 Å². The molecule has 82 valence electrons. The molecule has 0 radical (unpaired) electrons. The van der Waals surface area contributed by atoms with Gasteiger partial charge in [-0.15, -0.1) is 11.6 Å². The zero-order valence-electron chi connectivity index (χ0n) is 9.03. The fraction of sp³-hybridized carbons (Fsp3) is 0.615. The van der Waals surface area contributed by atoms with E-state index in [4.69, 9.17) is 11.6 Å². The second-order valence-corrected chi connectivity index (χ2v) is 5.13. The summed E-state index contributed by atoms with van der Waals surface area (Å²) in [4.78, 5) is 4.31. The Labute approximate surface area is 96.9 Å². The molecule has 1 aromatic heterocycles. The molecule has 0 N–H and O–H groups in total. The van der Waals surface area contributed by atoms with Crippen molar-refractivity contribution in [3.63, 3.8) is 0 Å². The van der Waals surface area contributed by atoms with Crippen LogP contribution < -0.4 is 0 Å². The molecule has 1 aliphatic carbocycles. The number of hydrogen-bond donors (Lipinski definition) is 0.